The first-order valence-corrected chi connectivity index (χ1v) is 13.3. The Morgan fingerprint density at radius 2 is 2.08 bits per heavy atom. The van der Waals surface area contributed by atoms with Crippen LogP contribution in [-0.4, -0.2) is 67.5 Å². The average Bonchev–Trinajstić information content (AvgIpc) is 3.20. The van der Waals surface area contributed by atoms with E-state index in [1.165, 1.54) is 30.5 Å². The van der Waals surface area contributed by atoms with Crippen LogP contribution in [0, 0.1) is 0 Å². The lowest BCUT2D eigenvalue weighted by Gasteiger charge is -2.49. The number of aliphatic carboxylic acids is 1. The molecule has 4 rings (SSSR count). The summed E-state index contributed by atoms with van der Waals surface area (Å²) >= 11 is 8.42. The molecule has 2 aromatic rings. The fourth-order valence-corrected chi connectivity index (χ4v) is 5.86. The molecule has 1 saturated heterocycles. The van der Waals surface area contributed by atoms with Crippen molar-refractivity contribution in [2.75, 3.05) is 17.2 Å². The zero-order valence-electron chi connectivity index (χ0n) is 20.1. The number of carbonyl (C=O) groups is 4. The van der Waals surface area contributed by atoms with E-state index in [0.717, 1.165) is 16.9 Å². The van der Waals surface area contributed by atoms with Gasteiger partial charge in [0.1, 0.15) is 21.4 Å². The molecule has 6 N–H and O–H groups in total. The van der Waals surface area contributed by atoms with Gasteiger partial charge in [0, 0.05) is 29.1 Å². The van der Waals surface area contributed by atoms with Crippen molar-refractivity contribution >= 4 is 75.3 Å². The number of nitrogens with zero attached hydrogens (tertiary/aromatic N) is 4. The van der Waals surface area contributed by atoms with Gasteiger partial charge in [-0.05, 0) is 13.8 Å². The molecule has 2 atom stereocenters. The summed E-state index contributed by atoms with van der Waals surface area (Å²) in [5.74, 6) is -2.25. The highest BCUT2D eigenvalue weighted by atomic mass is 35.5. The highest BCUT2D eigenvalue weighted by Gasteiger charge is 2.53. The summed E-state index contributed by atoms with van der Waals surface area (Å²) in [5.41, 5.74) is 10.7. The SMILES string of the molecule is CC(C)(O/N=C(\C(=O)NC1C(=O)N2C(C=O)=C(C[n+]3ccc(N)cc3)CSC12)c1nc(N)sc1Cl)C(=O)O. The van der Waals surface area contributed by atoms with Gasteiger partial charge < -0.3 is 26.7 Å². The summed E-state index contributed by atoms with van der Waals surface area (Å²) in [6.07, 6.45) is 4.17. The second-order valence-electron chi connectivity index (χ2n) is 8.79. The van der Waals surface area contributed by atoms with Crippen molar-refractivity contribution in [3.05, 3.63) is 45.8 Å². The Morgan fingerprint density at radius 1 is 1.39 bits per heavy atom. The van der Waals surface area contributed by atoms with Crippen molar-refractivity contribution in [1.29, 1.82) is 0 Å². The first kappa shape index (κ1) is 27.3. The molecule has 4 heterocycles. The number of β-lactam (4-membered cyclic amide) rings is 1. The monoisotopic (exact) mass is 580 g/mol. The molecular formula is C22H23ClN7O6S2+. The summed E-state index contributed by atoms with van der Waals surface area (Å²) in [5, 5.41) is 15.1. The number of amides is 2. The van der Waals surface area contributed by atoms with Crippen LogP contribution in [0.5, 0.6) is 0 Å². The third-order valence-corrected chi connectivity index (χ3v) is 8.13. The van der Waals surface area contributed by atoms with Crippen LogP contribution in [0.25, 0.3) is 0 Å². The van der Waals surface area contributed by atoms with Crippen molar-refractivity contribution in [3.63, 3.8) is 0 Å². The number of carboxylic acids is 1. The number of nitrogen functional groups attached to an aromatic ring is 2. The Morgan fingerprint density at radius 3 is 2.66 bits per heavy atom. The lowest BCUT2D eigenvalue weighted by atomic mass is 10.0. The van der Waals surface area contributed by atoms with E-state index in [1.807, 2.05) is 4.57 Å². The van der Waals surface area contributed by atoms with E-state index in [1.54, 1.807) is 24.5 Å². The van der Waals surface area contributed by atoms with Crippen molar-refractivity contribution < 1.29 is 33.7 Å². The predicted octanol–water partition coefficient (Wildman–Crippen LogP) is 0.385. The van der Waals surface area contributed by atoms with Crippen molar-refractivity contribution in [1.82, 2.24) is 15.2 Å². The number of thiazole rings is 1. The molecule has 2 aliphatic heterocycles. The maximum absolute atomic E-state index is 13.2. The Bertz CT molecular complexity index is 1370. The fourth-order valence-electron chi connectivity index (χ4n) is 3.58. The van der Waals surface area contributed by atoms with Crippen LogP contribution >= 0.6 is 34.7 Å². The normalized spacial score (nSPS) is 19.5. The van der Waals surface area contributed by atoms with E-state index in [-0.39, 0.29) is 20.9 Å². The highest BCUT2D eigenvalue weighted by molar-refractivity contribution is 8.00. The van der Waals surface area contributed by atoms with Gasteiger partial charge in [0.15, 0.2) is 36.1 Å². The molecule has 38 heavy (non-hydrogen) atoms. The van der Waals surface area contributed by atoms with Crippen molar-refractivity contribution in [2.45, 2.75) is 37.4 Å². The van der Waals surface area contributed by atoms with Gasteiger partial charge >= 0.3 is 5.97 Å². The molecule has 1 fully saturated rings. The number of aldehydes is 1. The third kappa shape index (κ3) is 5.30. The van der Waals surface area contributed by atoms with E-state index in [2.05, 4.69) is 15.5 Å². The second kappa shape index (κ2) is 10.6. The van der Waals surface area contributed by atoms with Crippen LogP contribution in [0.15, 0.2) is 41.0 Å². The molecule has 2 aromatic heterocycles. The number of aromatic nitrogens is 2. The molecule has 0 bridgehead atoms. The van der Waals surface area contributed by atoms with E-state index >= 15 is 0 Å². The first-order chi connectivity index (χ1) is 17.9. The molecule has 0 spiro atoms. The number of nitrogens with one attached hydrogen (secondary N) is 1. The molecule has 0 aliphatic carbocycles. The number of rotatable bonds is 9. The summed E-state index contributed by atoms with van der Waals surface area (Å²) in [4.78, 5) is 60.1. The van der Waals surface area contributed by atoms with Crippen LogP contribution in [0.1, 0.15) is 19.5 Å². The molecule has 0 saturated carbocycles. The minimum absolute atomic E-state index is 0.0257. The number of oxime groups is 1. The van der Waals surface area contributed by atoms with Crippen LogP contribution in [0.4, 0.5) is 10.8 Å². The number of thioether (sulfide) groups is 1. The topological polar surface area (TPSA) is 194 Å². The zero-order chi connectivity index (χ0) is 27.8. The maximum atomic E-state index is 13.2. The number of fused-ring (bicyclic) bond motifs is 1. The Balaban J connectivity index is 1.55. The maximum Gasteiger partial charge on any atom is 0.350 e. The summed E-state index contributed by atoms with van der Waals surface area (Å²) in [6.45, 7) is 2.86. The summed E-state index contributed by atoms with van der Waals surface area (Å²) < 4.78 is 1.86. The molecule has 16 heteroatoms. The number of carboxylic acid groups (broad SMARTS) is 1. The van der Waals surface area contributed by atoms with Gasteiger partial charge in [-0.1, -0.05) is 28.1 Å². The third-order valence-electron chi connectivity index (χ3n) is 5.70. The second-order valence-corrected chi connectivity index (χ2v) is 11.5. The van der Waals surface area contributed by atoms with Crippen molar-refractivity contribution in [3.8, 4) is 0 Å². The molecule has 0 radical (unpaired) electrons. The predicted molar refractivity (Wildman–Crippen MR) is 140 cm³/mol. The van der Waals surface area contributed by atoms with Crippen LogP contribution < -0.4 is 21.4 Å². The molecule has 13 nitrogen and oxygen atoms in total. The smallest absolute Gasteiger partial charge is 0.350 e. The van der Waals surface area contributed by atoms with Gasteiger partial charge in [0.25, 0.3) is 11.8 Å². The van der Waals surface area contributed by atoms with Crippen molar-refractivity contribution in [2.24, 2.45) is 5.16 Å². The number of anilines is 2. The minimum atomic E-state index is -1.77. The zero-order valence-corrected chi connectivity index (χ0v) is 22.5. The largest absolute Gasteiger partial charge is 0.478 e. The number of hydrogen-bond acceptors (Lipinski definition) is 11. The molecule has 2 unspecified atom stereocenters. The van der Waals surface area contributed by atoms with Gasteiger partial charge in [-0.25, -0.2) is 14.3 Å². The first-order valence-electron chi connectivity index (χ1n) is 11.0. The average molecular weight is 581 g/mol. The lowest BCUT2D eigenvalue weighted by Crippen LogP contribution is -2.70. The van der Waals surface area contributed by atoms with E-state index in [4.69, 9.17) is 27.9 Å². The molecular weight excluding hydrogens is 558 g/mol. The van der Waals surface area contributed by atoms with Crippen LogP contribution in [-0.2, 0) is 30.6 Å². The van der Waals surface area contributed by atoms with E-state index < -0.39 is 40.5 Å². The van der Waals surface area contributed by atoms with E-state index in [9.17, 15) is 24.3 Å². The molecule has 200 valence electrons. The van der Waals surface area contributed by atoms with Crippen LogP contribution in [0.2, 0.25) is 4.34 Å². The molecule has 2 amide bonds. The number of pyridine rings is 1. The van der Waals surface area contributed by atoms with Crippen LogP contribution in [0.3, 0.4) is 0 Å². The number of nitrogens with two attached hydrogens (primary N) is 2. The fraction of sp³-hybridized carbons (Fsp3) is 0.318. The van der Waals surface area contributed by atoms with Gasteiger partial charge in [-0.3, -0.25) is 19.3 Å². The van der Waals surface area contributed by atoms with Gasteiger partial charge in [0.05, 0.1) is 5.70 Å². The number of carbonyl (C=O) groups excluding carboxylic acids is 3. The number of halogens is 1. The lowest BCUT2D eigenvalue weighted by molar-refractivity contribution is -0.688. The van der Waals surface area contributed by atoms with Gasteiger partial charge in [-0.15, -0.1) is 11.8 Å². The summed E-state index contributed by atoms with van der Waals surface area (Å²) in [6, 6.07) is 2.46. The number of hydrogen-bond donors (Lipinski definition) is 4. The Labute approximate surface area is 229 Å². The highest BCUT2D eigenvalue weighted by Crippen LogP contribution is 2.39. The Kier molecular flexibility index (Phi) is 7.62. The molecule has 2 aliphatic rings. The quantitative estimate of drug-likeness (QED) is 0.106. The summed E-state index contributed by atoms with van der Waals surface area (Å²) in [7, 11) is 0. The molecule has 0 aromatic carbocycles. The standard InChI is InChI=1S/C22H22ClN7O6S2/c1-22(2,20(34)35)36-28-14(13-16(23)38-21(25)27-13)17(32)26-15-18(33)30-12(8-31)10(9-37-19(15)30)7-29-5-3-11(24)4-6-29/h3-6,8,15,19,24H,7,9H2,1-2H3,(H4,25,26,27,32,34,35)/p+1/b28-14-. The van der Waals surface area contributed by atoms with Gasteiger partial charge in [-0.2, -0.15) is 0 Å². The number of allylic oxidation sites excluding steroid dienone is 1. The minimum Gasteiger partial charge on any atom is -0.478 e. The van der Waals surface area contributed by atoms with Gasteiger partial charge in [0.2, 0.25) is 5.60 Å². The van der Waals surface area contributed by atoms with E-state index in [0.29, 0.717) is 24.3 Å². The Hall–Kier alpha value is -3.69.